The first-order chi connectivity index (χ1) is 13.9. The molecule has 2 amide bonds. The summed E-state index contributed by atoms with van der Waals surface area (Å²) in [5.41, 5.74) is 1.08. The minimum absolute atomic E-state index is 0.000937. The number of likely N-dealkylation sites (N-methyl/N-ethyl adjacent to an activating group) is 1. The third-order valence-electron chi connectivity index (χ3n) is 3.56. The summed E-state index contributed by atoms with van der Waals surface area (Å²) in [7, 11) is 1.43. The van der Waals surface area contributed by atoms with E-state index in [0.717, 1.165) is 0 Å². The van der Waals surface area contributed by atoms with Crippen LogP contribution in [-0.2, 0) is 14.3 Å². The molecule has 154 valence electrons. The maximum absolute atomic E-state index is 12.3. The molecule has 10 heteroatoms. The van der Waals surface area contributed by atoms with Gasteiger partial charge in [-0.05, 0) is 36.4 Å². The summed E-state index contributed by atoms with van der Waals surface area (Å²) in [4.78, 5) is 35.0. The molecule has 0 heterocycles. The molecule has 0 spiro atoms. The Kier molecular flexibility index (Phi) is 7.89. The smallest absolute Gasteiger partial charge is 0.387 e. The van der Waals surface area contributed by atoms with Crippen LogP contribution in [0.3, 0.4) is 0 Å². The van der Waals surface area contributed by atoms with Crippen molar-refractivity contribution in [3.8, 4) is 5.75 Å². The van der Waals surface area contributed by atoms with Crippen molar-refractivity contribution >= 4 is 29.2 Å². The van der Waals surface area contributed by atoms with Crippen LogP contribution in [0.5, 0.6) is 5.75 Å². The van der Waals surface area contributed by atoms with Crippen molar-refractivity contribution in [3.05, 3.63) is 54.1 Å². The minimum atomic E-state index is -2.92. The van der Waals surface area contributed by atoms with E-state index in [9.17, 15) is 23.2 Å². The summed E-state index contributed by atoms with van der Waals surface area (Å²) in [5.74, 6) is -1.76. The molecule has 0 aliphatic rings. The molecule has 29 heavy (non-hydrogen) atoms. The molecule has 0 aliphatic heterocycles. The van der Waals surface area contributed by atoms with Gasteiger partial charge in [0.15, 0.2) is 6.61 Å². The van der Waals surface area contributed by atoms with Crippen molar-refractivity contribution in [1.82, 2.24) is 10.6 Å². The Balaban J connectivity index is 1.98. The third-order valence-corrected chi connectivity index (χ3v) is 3.56. The molecule has 0 saturated heterocycles. The summed E-state index contributed by atoms with van der Waals surface area (Å²) < 4.78 is 33.7. The van der Waals surface area contributed by atoms with Gasteiger partial charge in [0.1, 0.15) is 5.75 Å². The third kappa shape index (κ3) is 7.09. The number of benzene rings is 2. The van der Waals surface area contributed by atoms with E-state index in [1.165, 1.54) is 37.4 Å². The van der Waals surface area contributed by atoms with Gasteiger partial charge in [-0.2, -0.15) is 8.78 Å². The molecular weight excluding hydrogens is 388 g/mol. The SMILES string of the molecule is CNC(=O)CNC(=O)COC(=O)c1ccccc1Nc1ccc(OC(F)F)cc1. The normalized spacial score (nSPS) is 10.2. The molecule has 0 radical (unpaired) electrons. The molecule has 2 rings (SSSR count). The summed E-state index contributed by atoms with van der Waals surface area (Å²) in [5, 5.41) is 7.62. The average Bonchev–Trinajstić information content (AvgIpc) is 2.71. The molecule has 0 bridgehead atoms. The van der Waals surface area contributed by atoms with Crippen LogP contribution in [0.2, 0.25) is 0 Å². The lowest BCUT2D eigenvalue weighted by molar-refractivity contribution is -0.127. The number of anilines is 2. The fourth-order valence-electron chi connectivity index (χ4n) is 2.17. The van der Waals surface area contributed by atoms with Gasteiger partial charge in [0.2, 0.25) is 5.91 Å². The number of rotatable bonds is 9. The summed E-state index contributed by atoms with van der Waals surface area (Å²) >= 11 is 0. The number of amides is 2. The van der Waals surface area contributed by atoms with Crippen LogP contribution in [0.4, 0.5) is 20.2 Å². The van der Waals surface area contributed by atoms with E-state index in [2.05, 4.69) is 20.7 Å². The lowest BCUT2D eigenvalue weighted by Gasteiger charge is -2.12. The van der Waals surface area contributed by atoms with Gasteiger partial charge in [0.25, 0.3) is 5.91 Å². The average molecular weight is 407 g/mol. The van der Waals surface area contributed by atoms with Crippen molar-refractivity contribution in [3.63, 3.8) is 0 Å². The predicted molar refractivity (Wildman–Crippen MR) is 100 cm³/mol. The Labute approximate surface area is 165 Å². The molecule has 8 nitrogen and oxygen atoms in total. The first-order valence-electron chi connectivity index (χ1n) is 8.44. The molecule has 0 saturated carbocycles. The minimum Gasteiger partial charge on any atom is -0.452 e. The fraction of sp³-hybridized carbons (Fsp3) is 0.211. The largest absolute Gasteiger partial charge is 0.452 e. The summed E-state index contributed by atoms with van der Waals surface area (Å²) in [6.45, 7) is -3.70. The van der Waals surface area contributed by atoms with Gasteiger partial charge in [-0.25, -0.2) is 4.79 Å². The van der Waals surface area contributed by atoms with Crippen LogP contribution >= 0.6 is 0 Å². The second-order valence-electron chi connectivity index (χ2n) is 5.60. The van der Waals surface area contributed by atoms with Gasteiger partial charge in [0, 0.05) is 12.7 Å². The van der Waals surface area contributed by atoms with E-state index in [1.807, 2.05) is 0 Å². The van der Waals surface area contributed by atoms with E-state index in [0.29, 0.717) is 11.4 Å². The zero-order valence-corrected chi connectivity index (χ0v) is 15.4. The maximum atomic E-state index is 12.3. The molecule has 3 N–H and O–H groups in total. The Morgan fingerprint density at radius 3 is 2.34 bits per heavy atom. The number of para-hydroxylation sites is 1. The quantitative estimate of drug-likeness (QED) is 0.550. The monoisotopic (exact) mass is 407 g/mol. The lowest BCUT2D eigenvalue weighted by atomic mass is 10.1. The first-order valence-corrected chi connectivity index (χ1v) is 8.44. The molecule has 0 aromatic heterocycles. The van der Waals surface area contributed by atoms with Crippen molar-refractivity contribution in [2.24, 2.45) is 0 Å². The van der Waals surface area contributed by atoms with Crippen LogP contribution in [0.15, 0.2) is 48.5 Å². The number of hydrogen-bond donors (Lipinski definition) is 3. The van der Waals surface area contributed by atoms with Crippen molar-refractivity contribution in [1.29, 1.82) is 0 Å². The molecule has 0 unspecified atom stereocenters. The number of alkyl halides is 2. The highest BCUT2D eigenvalue weighted by Gasteiger charge is 2.15. The summed E-state index contributed by atoms with van der Waals surface area (Å²) in [6, 6.07) is 12.1. The number of carbonyl (C=O) groups is 3. The Morgan fingerprint density at radius 1 is 1.00 bits per heavy atom. The van der Waals surface area contributed by atoms with Crippen LogP contribution in [0.1, 0.15) is 10.4 Å². The van der Waals surface area contributed by atoms with Gasteiger partial charge < -0.3 is 25.4 Å². The van der Waals surface area contributed by atoms with Gasteiger partial charge in [-0.1, -0.05) is 12.1 Å². The first kappa shape index (κ1) is 21.6. The van der Waals surface area contributed by atoms with E-state index in [4.69, 9.17) is 4.74 Å². The second-order valence-corrected chi connectivity index (χ2v) is 5.60. The zero-order valence-electron chi connectivity index (χ0n) is 15.4. The Hall–Kier alpha value is -3.69. The standard InChI is InChI=1S/C19H19F2N3O5/c1-22-16(25)10-23-17(26)11-28-18(27)14-4-2-3-5-15(14)24-12-6-8-13(9-7-12)29-19(20)21/h2-9,19,24H,10-11H2,1H3,(H,22,25)(H,23,26). The van der Waals surface area contributed by atoms with E-state index >= 15 is 0 Å². The van der Waals surface area contributed by atoms with Gasteiger partial charge in [0.05, 0.1) is 17.8 Å². The Bertz CT molecular complexity index is 859. The maximum Gasteiger partial charge on any atom is 0.387 e. The lowest BCUT2D eigenvalue weighted by Crippen LogP contribution is -2.37. The molecular formula is C19H19F2N3O5. The van der Waals surface area contributed by atoms with E-state index in [1.54, 1.807) is 18.2 Å². The van der Waals surface area contributed by atoms with Gasteiger partial charge in [-0.3, -0.25) is 9.59 Å². The van der Waals surface area contributed by atoms with Crippen molar-refractivity contribution in [2.45, 2.75) is 6.61 Å². The number of carbonyl (C=O) groups excluding carboxylic acids is 3. The number of esters is 1. The number of nitrogens with one attached hydrogen (secondary N) is 3. The van der Waals surface area contributed by atoms with Crippen LogP contribution in [-0.4, -0.2) is 44.6 Å². The van der Waals surface area contributed by atoms with E-state index in [-0.39, 0.29) is 23.8 Å². The Morgan fingerprint density at radius 2 is 1.69 bits per heavy atom. The number of halogens is 2. The van der Waals surface area contributed by atoms with E-state index < -0.39 is 25.1 Å². The predicted octanol–water partition coefficient (Wildman–Crippen LogP) is 2.05. The number of ether oxygens (including phenoxy) is 2. The number of hydrogen-bond acceptors (Lipinski definition) is 6. The van der Waals surface area contributed by atoms with Crippen LogP contribution < -0.4 is 20.7 Å². The van der Waals surface area contributed by atoms with Crippen molar-refractivity contribution < 1.29 is 32.6 Å². The topological polar surface area (TPSA) is 106 Å². The molecule has 0 aliphatic carbocycles. The van der Waals surface area contributed by atoms with Crippen LogP contribution in [0.25, 0.3) is 0 Å². The molecule has 2 aromatic carbocycles. The highest BCUT2D eigenvalue weighted by molar-refractivity contribution is 5.97. The second kappa shape index (κ2) is 10.6. The van der Waals surface area contributed by atoms with Crippen LogP contribution in [0, 0.1) is 0 Å². The van der Waals surface area contributed by atoms with Gasteiger partial charge in [-0.15, -0.1) is 0 Å². The molecule has 0 atom stereocenters. The highest BCUT2D eigenvalue weighted by atomic mass is 19.3. The highest BCUT2D eigenvalue weighted by Crippen LogP contribution is 2.24. The summed E-state index contributed by atoms with van der Waals surface area (Å²) in [6.07, 6.45) is 0. The fourth-order valence-corrected chi connectivity index (χ4v) is 2.17. The van der Waals surface area contributed by atoms with Gasteiger partial charge >= 0.3 is 12.6 Å². The van der Waals surface area contributed by atoms with Crippen molar-refractivity contribution in [2.75, 3.05) is 25.5 Å². The zero-order chi connectivity index (χ0) is 21.2. The molecule has 2 aromatic rings. The molecule has 0 fully saturated rings.